The van der Waals surface area contributed by atoms with Crippen LogP contribution in [0, 0.1) is 6.92 Å². The van der Waals surface area contributed by atoms with Crippen LogP contribution in [-0.4, -0.2) is 26.8 Å². The summed E-state index contributed by atoms with van der Waals surface area (Å²) in [6.07, 6.45) is 1.87. The first-order valence-electron chi connectivity index (χ1n) is 9.17. The minimum Gasteiger partial charge on any atom is -0.342 e. The Labute approximate surface area is 160 Å². The molecule has 4 heteroatoms. The summed E-state index contributed by atoms with van der Waals surface area (Å²) >= 11 is 0. The molecule has 0 atom stereocenters. The molecular weight excluding hydrogens is 336 g/mol. The Morgan fingerprint density at radius 1 is 1.00 bits per heavy atom. The fourth-order valence-electron chi connectivity index (χ4n) is 3.48. The van der Waals surface area contributed by atoms with E-state index in [0.717, 1.165) is 10.9 Å². The second kappa shape index (κ2) is 7.03. The normalized spacial score (nSPS) is 11.6. The SMILES string of the molecule is CC(=O)N(C(=O)c1cn(Cc2ccc(C)cc2)c2ccccc12)C(C)(C)C. The zero-order valence-electron chi connectivity index (χ0n) is 16.6. The van der Waals surface area contributed by atoms with Gasteiger partial charge in [-0.1, -0.05) is 48.0 Å². The second-order valence-electron chi connectivity index (χ2n) is 8.00. The molecule has 27 heavy (non-hydrogen) atoms. The molecule has 0 saturated carbocycles. The molecular formula is C23H26N2O2. The molecule has 0 radical (unpaired) electrons. The van der Waals surface area contributed by atoms with E-state index in [1.54, 1.807) is 0 Å². The molecule has 3 aromatic rings. The first-order chi connectivity index (χ1) is 12.7. The molecule has 1 aromatic heterocycles. The van der Waals surface area contributed by atoms with E-state index in [-0.39, 0.29) is 11.8 Å². The third-order valence-electron chi connectivity index (χ3n) is 4.68. The molecule has 0 fully saturated rings. The van der Waals surface area contributed by atoms with Gasteiger partial charge in [-0.25, -0.2) is 0 Å². The van der Waals surface area contributed by atoms with E-state index in [1.807, 2.05) is 51.2 Å². The fourth-order valence-corrected chi connectivity index (χ4v) is 3.48. The van der Waals surface area contributed by atoms with Gasteiger partial charge in [0.1, 0.15) is 0 Å². The molecule has 0 aliphatic heterocycles. The highest BCUT2D eigenvalue weighted by molar-refractivity contribution is 6.12. The van der Waals surface area contributed by atoms with Gasteiger partial charge in [0.2, 0.25) is 5.91 Å². The summed E-state index contributed by atoms with van der Waals surface area (Å²) in [7, 11) is 0. The number of nitrogens with zero attached hydrogens (tertiary/aromatic N) is 2. The van der Waals surface area contributed by atoms with Crippen molar-refractivity contribution in [1.82, 2.24) is 9.47 Å². The van der Waals surface area contributed by atoms with E-state index in [9.17, 15) is 9.59 Å². The second-order valence-corrected chi connectivity index (χ2v) is 8.00. The lowest BCUT2D eigenvalue weighted by atomic mass is 10.0. The predicted octanol–water partition coefficient (Wildman–Crippen LogP) is 4.79. The van der Waals surface area contributed by atoms with Crippen molar-refractivity contribution in [3.63, 3.8) is 0 Å². The average molecular weight is 362 g/mol. The van der Waals surface area contributed by atoms with Crippen LogP contribution in [0.2, 0.25) is 0 Å². The number of aryl methyl sites for hydroxylation is 1. The maximum atomic E-state index is 13.2. The lowest BCUT2D eigenvalue weighted by Crippen LogP contribution is -2.48. The summed E-state index contributed by atoms with van der Waals surface area (Å²) in [5.74, 6) is -0.503. The third-order valence-corrected chi connectivity index (χ3v) is 4.68. The quantitative estimate of drug-likeness (QED) is 0.672. The van der Waals surface area contributed by atoms with E-state index in [4.69, 9.17) is 0 Å². The summed E-state index contributed by atoms with van der Waals surface area (Å²) in [4.78, 5) is 26.8. The Kier molecular flexibility index (Phi) is 4.92. The molecule has 0 bridgehead atoms. The van der Waals surface area contributed by atoms with Gasteiger partial charge in [0, 0.05) is 36.1 Å². The lowest BCUT2D eigenvalue weighted by Gasteiger charge is -2.32. The maximum absolute atomic E-state index is 13.2. The Balaban J connectivity index is 2.08. The zero-order valence-corrected chi connectivity index (χ0v) is 16.6. The van der Waals surface area contributed by atoms with Crippen LogP contribution in [0.15, 0.2) is 54.7 Å². The molecule has 3 rings (SSSR count). The van der Waals surface area contributed by atoms with Crippen molar-refractivity contribution >= 4 is 22.7 Å². The number of para-hydroxylation sites is 1. The van der Waals surface area contributed by atoms with Crippen molar-refractivity contribution in [3.05, 3.63) is 71.4 Å². The van der Waals surface area contributed by atoms with E-state index in [2.05, 4.69) is 35.8 Å². The van der Waals surface area contributed by atoms with Crippen molar-refractivity contribution in [2.75, 3.05) is 0 Å². The summed E-state index contributed by atoms with van der Waals surface area (Å²) in [6, 6.07) is 16.2. The minimum absolute atomic E-state index is 0.247. The van der Waals surface area contributed by atoms with Crippen molar-refractivity contribution in [1.29, 1.82) is 0 Å². The van der Waals surface area contributed by atoms with E-state index >= 15 is 0 Å². The summed E-state index contributed by atoms with van der Waals surface area (Å²) in [5, 5.41) is 0.866. The highest BCUT2D eigenvalue weighted by atomic mass is 16.2. The molecule has 1 heterocycles. The molecule has 140 valence electrons. The van der Waals surface area contributed by atoms with Crippen LogP contribution in [-0.2, 0) is 11.3 Å². The standard InChI is InChI=1S/C23H26N2O2/c1-16-10-12-18(13-11-16)14-24-15-20(19-8-6-7-9-21(19)24)22(27)25(17(2)26)23(3,4)5/h6-13,15H,14H2,1-5H3. The number of fused-ring (bicyclic) bond motifs is 1. The maximum Gasteiger partial charge on any atom is 0.263 e. The number of hydrogen-bond donors (Lipinski definition) is 0. The Morgan fingerprint density at radius 2 is 1.63 bits per heavy atom. The minimum atomic E-state index is -0.580. The zero-order chi connectivity index (χ0) is 19.8. The molecule has 2 aromatic carbocycles. The molecule has 0 saturated heterocycles. The number of benzene rings is 2. The first-order valence-corrected chi connectivity index (χ1v) is 9.17. The monoisotopic (exact) mass is 362 g/mol. The number of carbonyl (C=O) groups excluding carboxylic acids is 2. The Bertz CT molecular complexity index is 991. The van der Waals surface area contributed by atoms with Crippen LogP contribution in [0.5, 0.6) is 0 Å². The summed E-state index contributed by atoms with van der Waals surface area (Å²) < 4.78 is 2.08. The van der Waals surface area contributed by atoms with Crippen LogP contribution >= 0.6 is 0 Å². The molecule has 0 aliphatic rings. The van der Waals surface area contributed by atoms with Gasteiger partial charge >= 0.3 is 0 Å². The number of amides is 2. The van der Waals surface area contributed by atoms with Gasteiger partial charge < -0.3 is 4.57 Å². The van der Waals surface area contributed by atoms with Gasteiger partial charge in [-0.2, -0.15) is 0 Å². The third kappa shape index (κ3) is 3.80. The fraction of sp³-hybridized carbons (Fsp3) is 0.304. The molecule has 4 nitrogen and oxygen atoms in total. The Hall–Kier alpha value is -2.88. The van der Waals surface area contributed by atoms with Crippen molar-refractivity contribution in [2.24, 2.45) is 0 Å². The molecule has 2 amide bonds. The van der Waals surface area contributed by atoms with Crippen molar-refractivity contribution < 1.29 is 9.59 Å². The van der Waals surface area contributed by atoms with Gasteiger partial charge in [-0.3, -0.25) is 14.5 Å². The van der Waals surface area contributed by atoms with Crippen LogP contribution < -0.4 is 0 Å². The largest absolute Gasteiger partial charge is 0.342 e. The lowest BCUT2D eigenvalue weighted by molar-refractivity contribution is -0.129. The van der Waals surface area contributed by atoms with E-state index < -0.39 is 5.54 Å². The van der Waals surface area contributed by atoms with Crippen LogP contribution in [0.1, 0.15) is 49.2 Å². The summed E-state index contributed by atoms with van der Waals surface area (Å²) in [5.41, 5.74) is 3.35. The highest BCUT2D eigenvalue weighted by Crippen LogP contribution is 2.26. The topological polar surface area (TPSA) is 42.3 Å². The van der Waals surface area contributed by atoms with Crippen LogP contribution in [0.3, 0.4) is 0 Å². The summed E-state index contributed by atoms with van der Waals surface area (Å²) in [6.45, 7) is 9.79. The first kappa shape index (κ1) is 18.9. The van der Waals surface area contributed by atoms with Gasteiger partial charge in [0.25, 0.3) is 5.91 Å². The van der Waals surface area contributed by atoms with Gasteiger partial charge in [-0.15, -0.1) is 0 Å². The van der Waals surface area contributed by atoms with Gasteiger partial charge in [0.05, 0.1) is 5.56 Å². The molecule has 0 N–H and O–H groups in total. The van der Waals surface area contributed by atoms with Crippen molar-refractivity contribution in [3.8, 4) is 0 Å². The molecule has 0 aliphatic carbocycles. The number of carbonyl (C=O) groups is 2. The van der Waals surface area contributed by atoms with Gasteiger partial charge in [-0.05, 0) is 39.3 Å². The van der Waals surface area contributed by atoms with E-state index in [1.165, 1.54) is 23.0 Å². The highest BCUT2D eigenvalue weighted by Gasteiger charge is 2.32. The number of hydrogen-bond acceptors (Lipinski definition) is 2. The number of imide groups is 1. The predicted molar refractivity (Wildman–Crippen MR) is 109 cm³/mol. The average Bonchev–Trinajstić information content (AvgIpc) is 2.94. The molecule has 0 spiro atoms. The van der Waals surface area contributed by atoms with Crippen molar-refractivity contribution in [2.45, 2.75) is 46.7 Å². The van der Waals surface area contributed by atoms with Crippen LogP contribution in [0.4, 0.5) is 0 Å². The smallest absolute Gasteiger partial charge is 0.263 e. The Morgan fingerprint density at radius 3 is 2.22 bits per heavy atom. The number of rotatable bonds is 3. The number of aromatic nitrogens is 1. The van der Waals surface area contributed by atoms with Crippen LogP contribution in [0.25, 0.3) is 10.9 Å². The van der Waals surface area contributed by atoms with Gasteiger partial charge in [0.15, 0.2) is 0 Å². The van der Waals surface area contributed by atoms with E-state index in [0.29, 0.717) is 12.1 Å². The molecule has 0 unspecified atom stereocenters.